The summed E-state index contributed by atoms with van der Waals surface area (Å²) in [7, 11) is -3.76. The fraction of sp³-hybridized carbons (Fsp3) is 0.360. The minimum absolute atomic E-state index is 0.104. The van der Waals surface area contributed by atoms with Gasteiger partial charge in [-0.1, -0.05) is 28.8 Å². The van der Waals surface area contributed by atoms with E-state index in [2.05, 4.69) is 26.2 Å². The van der Waals surface area contributed by atoms with Crippen molar-refractivity contribution in [2.45, 2.75) is 49.3 Å². The van der Waals surface area contributed by atoms with Gasteiger partial charge in [0.1, 0.15) is 4.90 Å². The van der Waals surface area contributed by atoms with E-state index in [0.29, 0.717) is 41.3 Å². The fourth-order valence-corrected chi connectivity index (χ4v) is 7.00. The molecule has 2 fully saturated rings. The number of carbonyl (C=O) groups is 1. The number of aromatic carboxylic acids is 1. The number of sulfonamides is 1. The molecule has 2 aliphatic rings. The Bertz CT molecular complexity index is 1360. The van der Waals surface area contributed by atoms with E-state index in [-0.39, 0.29) is 10.5 Å². The van der Waals surface area contributed by atoms with Crippen molar-refractivity contribution in [2.75, 3.05) is 18.4 Å². The highest BCUT2D eigenvalue weighted by molar-refractivity contribution is 9.10. The maximum absolute atomic E-state index is 13.5. The van der Waals surface area contributed by atoms with Crippen LogP contribution in [0.1, 0.15) is 60.4 Å². The Morgan fingerprint density at radius 1 is 1.06 bits per heavy atom. The van der Waals surface area contributed by atoms with Crippen molar-refractivity contribution in [1.82, 2.24) is 9.29 Å². The van der Waals surface area contributed by atoms with Crippen molar-refractivity contribution in [3.63, 3.8) is 0 Å². The van der Waals surface area contributed by atoms with E-state index in [9.17, 15) is 18.3 Å². The number of halogens is 1. The first kappa shape index (κ1) is 23.3. The average molecular weight is 544 g/mol. The van der Waals surface area contributed by atoms with Gasteiger partial charge in [0.05, 0.1) is 16.8 Å². The summed E-state index contributed by atoms with van der Waals surface area (Å²) in [5.41, 5.74) is 2.80. The first-order chi connectivity index (χ1) is 16.3. The summed E-state index contributed by atoms with van der Waals surface area (Å²) < 4.78 is 29.4. The first-order valence-corrected chi connectivity index (χ1v) is 13.8. The van der Waals surface area contributed by atoms with Crippen LogP contribution in [-0.4, -0.2) is 41.9 Å². The third-order valence-corrected chi connectivity index (χ3v) is 9.18. The normalized spacial score (nSPS) is 17.4. The Kier molecular flexibility index (Phi) is 6.35. The van der Waals surface area contributed by atoms with Gasteiger partial charge in [0.2, 0.25) is 10.0 Å². The molecule has 1 saturated heterocycles. The number of nitrogens with zero attached hydrogens (tertiary/aromatic N) is 2. The maximum atomic E-state index is 13.5. The molecule has 2 aromatic carbocycles. The van der Waals surface area contributed by atoms with Gasteiger partial charge in [-0.05, 0) is 73.6 Å². The van der Waals surface area contributed by atoms with Gasteiger partial charge in [0.25, 0.3) is 0 Å². The van der Waals surface area contributed by atoms with Crippen LogP contribution < -0.4 is 5.32 Å². The molecule has 1 saturated carbocycles. The van der Waals surface area contributed by atoms with Crippen molar-refractivity contribution in [1.29, 1.82) is 0 Å². The van der Waals surface area contributed by atoms with Gasteiger partial charge in [-0.2, -0.15) is 4.31 Å². The summed E-state index contributed by atoms with van der Waals surface area (Å²) in [6, 6.07) is 10.8. The second-order valence-electron chi connectivity index (χ2n) is 9.03. The van der Waals surface area contributed by atoms with Gasteiger partial charge in [-0.15, -0.1) is 0 Å². The second-order valence-corrected chi connectivity index (χ2v) is 11.8. The van der Waals surface area contributed by atoms with E-state index >= 15 is 0 Å². The quantitative estimate of drug-likeness (QED) is 0.402. The van der Waals surface area contributed by atoms with E-state index in [4.69, 9.17) is 0 Å². The van der Waals surface area contributed by atoms with Crippen LogP contribution in [0.5, 0.6) is 0 Å². The molecule has 0 unspecified atom stereocenters. The van der Waals surface area contributed by atoms with E-state index in [1.54, 1.807) is 12.1 Å². The summed E-state index contributed by atoms with van der Waals surface area (Å²) in [5.74, 6) is -0.686. The zero-order chi connectivity index (χ0) is 23.9. The maximum Gasteiger partial charge on any atom is 0.335 e. The second kappa shape index (κ2) is 9.28. The summed E-state index contributed by atoms with van der Waals surface area (Å²) >= 11 is 3.46. The number of pyridine rings is 1. The highest BCUT2D eigenvalue weighted by Gasteiger charge is 2.31. The molecule has 2 heterocycles. The van der Waals surface area contributed by atoms with Crippen molar-refractivity contribution < 1.29 is 18.3 Å². The van der Waals surface area contributed by atoms with Crippen molar-refractivity contribution in [3.8, 4) is 0 Å². The molecule has 2 N–H and O–H groups in total. The Hall–Kier alpha value is -2.49. The van der Waals surface area contributed by atoms with E-state index in [1.165, 1.54) is 10.5 Å². The fourth-order valence-electron chi connectivity index (χ4n) is 5.03. The first-order valence-electron chi connectivity index (χ1n) is 11.6. The van der Waals surface area contributed by atoms with Gasteiger partial charge in [-0.25, -0.2) is 13.2 Å². The summed E-state index contributed by atoms with van der Waals surface area (Å²) in [4.78, 5) is 16.4. The van der Waals surface area contributed by atoms with Crippen LogP contribution in [0, 0.1) is 0 Å². The minimum atomic E-state index is -3.76. The third kappa shape index (κ3) is 4.44. The van der Waals surface area contributed by atoms with Crippen LogP contribution in [0.15, 0.2) is 52.0 Å². The molecule has 0 spiro atoms. The summed E-state index contributed by atoms with van der Waals surface area (Å²) in [6.07, 6.45) is 7.40. The number of benzene rings is 2. The smallest absolute Gasteiger partial charge is 0.335 e. The summed E-state index contributed by atoms with van der Waals surface area (Å²) in [5, 5.41) is 13.7. The lowest BCUT2D eigenvalue weighted by Gasteiger charge is -2.21. The van der Waals surface area contributed by atoms with Crippen LogP contribution >= 0.6 is 15.9 Å². The number of fused-ring (bicyclic) bond motifs is 1. The molecular weight excluding hydrogens is 518 g/mol. The predicted octanol–water partition coefficient (Wildman–Crippen LogP) is 5.88. The lowest BCUT2D eigenvalue weighted by Crippen LogP contribution is -2.28. The predicted molar refractivity (Wildman–Crippen MR) is 135 cm³/mol. The van der Waals surface area contributed by atoms with E-state index < -0.39 is 16.0 Å². The topological polar surface area (TPSA) is 99.6 Å². The highest BCUT2D eigenvalue weighted by atomic mass is 79.9. The molecule has 3 aromatic rings. The van der Waals surface area contributed by atoms with Crippen LogP contribution in [-0.2, 0) is 10.0 Å². The van der Waals surface area contributed by atoms with Gasteiger partial charge in [0, 0.05) is 34.8 Å². The average Bonchev–Trinajstić information content (AvgIpc) is 3.53. The Morgan fingerprint density at radius 2 is 1.79 bits per heavy atom. The number of hydrogen-bond donors (Lipinski definition) is 2. The third-order valence-electron chi connectivity index (χ3n) is 6.78. The molecular formula is C25H26BrN3O4S. The number of carboxylic acid groups (broad SMARTS) is 1. The Balaban J connectivity index is 1.66. The largest absolute Gasteiger partial charge is 0.478 e. The molecule has 0 amide bonds. The van der Waals surface area contributed by atoms with Crippen molar-refractivity contribution in [2.24, 2.45) is 0 Å². The van der Waals surface area contributed by atoms with Crippen molar-refractivity contribution in [3.05, 3.63) is 58.2 Å². The molecule has 0 bridgehead atoms. The molecule has 1 aliphatic heterocycles. The summed E-state index contributed by atoms with van der Waals surface area (Å²) in [6.45, 7) is 0.973. The van der Waals surface area contributed by atoms with Gasteiger partial charge in [-0.3, -0.25) is 4.98 Å². The number of anilines is 2. The molecule has 34 heavy (non-hydrogen) atoms. The molecule has 7 nitrogen and oxygen atoms in total. The van der Waals surface area contributed by atoms with Gasteiger partial charge in [0.15, 0.2) is 0 Å². The zero-order valence-electron chi connectivity index (χ0n) is 18.6. The molecule has 5 rings (SSSR count). The van der Waals surface area contributed by atoms with Crippen LogP contribution in [0.4, 0.5) is 11.4 Å². The Morgan fingerprint density at radius 3 is 2.50 bits per heavy atom. The van der Waals surface area contributed by atoms with Crippen molar-refractivity contribution >= 4 is 54.2 Å². The van der Waals surface area contributed by atoms with Crippen LogP contribution in [0.2, 0.25) is 0 Å². The number of aromatic nitrogens is 1. The monoisotopic (exact) mass is 543 g/mol. The molecule has 178 valence electrons. The SMILES string of the molecule is O=C(O)c1cc(Nc2c(S(=O)(=O)N3CCCC3)cnc3cc(Br)ccc23)cc(C2CCCC2)c1. The van der Waals surface area contributed by atoms with Gasteiger partial charge >= 0.3 is 5.97 Å². The van der Waals surface area contributed by atoms with Crippen LogP contribution in [0.25, 0.3) is 10.9 Å². The number of carboxylic acids is 1. The zero-order valence-corrected chi connectivity index (χ0v) is 21.0. The Labute approximate surface area is 207 Å². The minimum Gasteiger partial charge on any atom is -0.478 e. The standard InChI is InChI=1S/C25H26BrN3O4S/c26-19-7-8-21-22(14-19)27-15-23(34(32,33)29-9-3-4-10-29)24(21)28-20-12-17(16-5-1-2-6-16)11-18(13-20)25(30)31/h7-8,11-16H,1-6,9-10H2,(H,27,28)(H,30,31). The molecule has 1 aliphatic carbocycles. The van der Waals surface area contributed by atoms with Crippen LogP contribution in [0.3, 0.4) is 0 Å². The number of nitrogens with one attached hydrogen (secondary N) is 1. The molecule has 9 heteroatoms. The molecule has 1 aromatic heterocycles. The number of hydrogen-bond acceptors (Lipinski definition) is 5. The number of rotatable bonds is 6. The lowest BCUT2D eigenvalue weighted by atomic mass is 9.95. The highest BCUT2D eigenvalue weighted by Crippen LogP contribution is 2.39. The van der Waals surface area contributed by atoms with E-state index in [0.717, 1.165) is 48.6 Å². The molecule has 0 radical (unpaired) electrons. The van der Waals surface area contributed by atoms with Gasteiger partial charge < -0.3 is 10.4 Å². The molecule has 0 atom stereocenters. The lowest BCUT2D eigenvalue weighted by molar-refractivity contribution is 0.0696. The van der Waals surface area contributed by atoms with E-state index in [1.807, 2.05) is 24.3 Å².